The quantitative estimate of drug-likeness (QED) is 0.892. The summed E-state index contributed by atoms with van der Waals surface area (Å²) in [4.78, 5) is 0. The number of aliphatic hydroxyl groups is 1. The standard InChI is InChI=1S/C14H17F3O2/c1-19-12-6-2-4-10(8-12)13(18)7-3-5-11(9-13)14(15,16)17/h2,4,6,8,11,18H,3,5,7,9H2,1H3. The minimum Gasteiger partial charge on any atom is -0.497 e. The fourth-order valence-corrected chi connectivity index (χ4v) is 2.71. The fraction of sp³-hybridized carbons (Fsp3) is 0.571. The van der Waals surface area contributed by atoms with Crippen LogP contribution < -0.4 is 4.74 Å². The highest BCUT2D eigenvalue weighted by molar-refractivity contribution is 5.32. The van der Waals surface area contributed by atoms with Crippen molar-refractivity contribution in [2.45, 2.75) is 37.5 Å². The van der Waals surface area contributed by atoms with Gasteiger partial charge in [0.05, 0.1) is 18.6 Å². The van der Waals surface area contributed by atoms with E-state index in [4.69, 9.17) is 4.74 Å². The molecule has 19 heavy (non-hydrogen) atoms. The van der Waals surface area contributed by atoms with Crippen LogP contribution in [-0.2, 0) is 5.60 Å². The summed E-state index contributed by atoms with van der Waals surface area (Å²) in [6.07, 6.45) is -3.70. The summed E-state index contributed by atoms with van der Waals surface area (Å²) in [5.74, 6) is -0.891. The molecule has 1 N–H and O–H groups in total. The molecule has 0 aliphatic heterocycles. The average Bonchev–Trinajstić information content (AvgIpc) is 2.38. The van der Waals surface area contributed by atoms with E-state index in [1.54, 1.807) is 24.3 Å². The van der Waals surface area contributed by atoms with Gasteiger partial charge in [0.25, 0.3) is 0 Å². The van der Waals surface area contributed by atoms with E-state index in [9.17, 15) is 18.3 Å². The Balaban J connectivity index is 2.26. The minimum atomic E-state index is -4.24. The van der Waals surface area contributed by atoms with Gasteiger partial charge in [-0.2, -0.15) is 13.2 Å². The normalized spacial score (nSPS) is 28.2. The van der Waals surface area contributed by atoms with E-state index < -0.39 is 17.7 Å². The lowest BCUT2D eigenvalue weighted by Crippen LogP contribution is -2.38. The number of hydrogen-bond acceptors (Lipinski definition) is 2. The van der Waals surface area contributed by atoms with Gasteiger partial charge in [-0.1, -0.05) is 12.1 Å². The third kappa shape index (κ3) is 3.03. The predicted molar refractivity (Wildman–Crippen MR) is 64.9 cm³/mol. The summed E-state index contributed by atoms with van der Waals surface area (Å²) in [7, 11) is 1.49. The molecule has 2 atom stereocenters. The van der Waals surface area contributed by atoms with Crippen molar-refractivity contribution < 1.29 is 23.0 Å². The van der Waals surface area contributed by atoms with Gasteiger partial charge in [-0.25, -0.2) is 0 Å². The summed E-state index contributed by atoms with van der Waals surface area (Å²) >= 11 is 0. The Kier molecular flexibility index (Phi) is 3.76. The molecule has 1 aliphatic carbocycles. The topological polar surface area (TPSA) is 29.5 Å². The Morgan fingerprint density at radius 2 is 2.11 bits per heavy atom. The minimum absolute atomic E-state index is 0.0930. The third-order valence-electron chi connectivity index (χ3n) is 3.80. The zero-order valence-electron chi connectivity index (χ0n) is 10.7. The molecular weight excluding hydrogens is 257 g/mol. The van der Waals surface area contributed by atoms with Gasteiger partial charge in [-0.15, -0.1) is 0 Å². The van der Waals surface area contributed by atoms with E-state index >= 15 is 0 Å². The van der Waals surface area contributed by atoms with E-state index in [0.717, 1.165) is 0 Å². The van der Waals surface area contributed by atoms with Crippen LogP contribution in [0.4, 0.5) is 13.2 Å². The Bertz CT molecular complexity index is 445. The monoisotopic (exact) mass is 274 g/mol. The van der Waals surface area contributed by atoms with Crippen molar-refractivity contribution in [1.82, 2.24) is 0 Å². The van der Waals surface area contributed by atoms with Crippen LogP contribution in [0.3, 0.4) is 0 Å². The van der Waals surface area contributed by atoms with Crippen LogP contribution in [0.5, 0.6) is 5.75 Å². The smallest absolute Gasteiger partial charge is 0.391 e. The highest BCUT2D eigenvalue weighted by atomic mass is 19.4. The first kappa shape index (κ1) is 14.2. The molecule has 0 spiro atoms. The largest absolute Gasteiger partial charge is 0.497 e. The molecule has 1 fully saturated rings. The second kappa shape index (κ2) is 5.04. The lowest BCUT2D eigenvalue weighted by atomic mass is 9.74. The summed E-state index contributed by atoms with van der Waals surface area (Å²) in [6.45, 7) is 0. The summed E-state index contributed by atoms with van der Waals surface area (Å²) in [5, 5.41) is 10.5. The predicted octanol–water partition coefficient (Wildman–Crippen LogP) is 3.64. The molecule has 106 valence electrons. The number of halogens is 3. The SMILES string of the molecule is COc1cccc(C2(O)CCCC(C(F)(F)F)C2)c1. The van der Waals surface area contributed by atoms with E-state index in [1.807, 2.05) is 0 Å². The second-order valence-electron chi connectivity index (χ2n) is 5.10. The first-order chi connectivity index (χ1) is 8.85. The number of rotatable bonds is 2. The van der Waals surface area contributed by atoms with Gasteiger partial charge in [0.15, 0.2) is 0 Å². The van der Waals surface area contributed by atoms with Gasteiger partial charge in [0, 0.05) is 0 Å². The zero-order valence-corrected chi connectivity index (χ0v) is 10.7. The molecule has 0 radical (unpaired) electrons. The second-order valence-corrected chi connectivity index (χ2v) is 5.10. The molecule has 0 saturated heterocycles. The lowest BCUT2D eigenvalue weighted by molar-refractivity contribution is -0.201. The van der Waals surface area contributed by atoms with Crippen molar-refractivity contribution in [2.75, 3.05) is 7.11 Å². The molecule has 0 heterocycles. The van der Waals surface area contributed by atoms with Crippen LogP contribution in [0, 0.1) is 5.92 Å². The molecule has 1 aromatic carbocycles. The number of ether oxygens (including phenoxy) is 1. The maximum absolute atomic E-state index is 12.8. The maximum atomic E-state index is 12.8. The van der Waals surface area contributed by atoms with Crippen LogP contribution >= 0.6 is 0 Å². The molecule has 0 bridgehead atoms. The molecule has 2 rings (SSSR count). The number of benzene rings is 1. The Morgan fingerprint density at radius 1 is 1.37 bits per heavy atom. The van der Waals surface area contributed by atoms with Crippen LogP contribution in [0.15, 0.2) is 24.3 Å². The van der Waals surface area contributed by atoms with Crippen molar-refractivity contribution >= 4 is 0 Å². The van der Waals surface area contributed by atoms with Gasteiger partial charge in [-0.3, -0.25) is 0 Å². The molecule has 2 nitrogen and oxygen atoms in total. The molecular formula is C14H17F3O2. The van der Waals surface area contributed by atoms with E-state index in [-0.39, 0.29) is 12.8 Å². The maximum Gasteiger partial charge on any atom is 0.391 e. The number of alkyl halides is 3. The Hall–Kier alpha value is -1.23. The zero-order chi connectivity index (χ0) is 14.1. The highest BCUT2D eigenvalue weighted by Crippen LogP contribution is 2.46. The molecule has 0 aromatic heterocycles. The first-order valence-electron chi connectivity index (χ1n) is 6.29. The van der Waals surface area contributed by atoms with Gasteiger partial charge >= 0.3 is 6.18 Å². The van der Waals surface area contributed by atoms with Gasteiger partial charge in [0.1, 0.15) is 5.75 Å². The van der Waals surface area contributed by atoms with Crippen LogP contribution in [0.25, 0.3) is 0 Å². The van der Waals surface area contributed by atoms with Crippen LogP contribution in [0.2, 0.25) is 0 Å². The highest BCUT2D eigenvalue weighted by Gasteiger charge is 2.47. The van der Waals surface area contributed by atoms with E-state index in [2.05, 4.69) is 0 Å². The number of methoxy groups -OCH3 is 1. The van der Waals surface area contributed by atoms with E-state index in [1.165, 1.54) is 7.11 Å². The summed E-state index contributed by atoms with van der Waals surface area (Å²) < 4.78 is 43.5. The van der Waals surface area contributed by atoms with Crippen molar-refractivity contribution in [1.29, 1.82) is 0 Å². The van der Waals surface area contributed by atoms with Gasteiger partial charge in [0.2, 0.25) is 0 Å². The molecule has 1 saturated carbocycles. The molecule has 0 amide bonds. The van der Waals surface area contributed by atoms with Crippen LogP contribution in [-0.4, -0.2) is 18.4 Å². The molecule has 2 unspecified atom stereocenters. The Morgan fingerprint density at radius 3 is 2.74 bits per heavy atom. The molecule has 1 aromatic rings. The fourth-order valence-electron chi connectivity index (χ4n) is 2.71. The van der Waals surface area contributed by atoms with Crippen molar-refractivity contribution in [3.63, 3.8) is 0 Å². The Labute approximate surface area is 110 Å². The van der Waals surface area contributed by atoms with Gasteiger partial charge in [-0.05, 0) is 43.4 Å². The average molecular weight is 274 g/mol. The first-order valence-corrected chi connectivity index (χ1v) is 6.29. The molecule has 1 aliphatic rings. The van der Waals surface area contributed by atoms with Crippen molar-refractivity contribution in [2.24, 2.45) is 5.92 Å². The van der Waals surface area contributed by atoms with Crippen molar-refractivity contribution in [3.05, 3.63) is 29.8 Å². The van der Waals surface area contributed by atoms with Crippen molar-refractivity contribution in [3.8, 4) is 5.75 Å². The lowest BCUT2D eigenvalue weighted by Gasteiger charge is -2.38. The van der Waals surface area contributed by atoms with Crippen LogP contribution in [0.1, 0.15) is 31.2 Å². The van der Waals surface area contributed by atoms with Gasteiger partial charge < -0.3 is 9.84 Å². The third-order valence-corrected chi connectivity index (χ3v) is 3.80. The summed E-state index contributed by atoms with van der Waals surface area (Å²) in [5.41, 5.74) is -0.909. The molecule has 5 heteroatoms. The number of hydrogen-bond donors (Lipinski definition) is 1. The van der Waals surface area contributed by atoms with E-state index in [0.29, 0.717) is 24.2 Å². The summed E-state index contributed by atoms with van der Waals surface area (Å²) in [6, 6.07) is 6.65.